The summed E-state index contributed by atoms with van der Waals surface area (Å²) in [6, 6.07) is 0. The predicted octanol–water partition coefficient (Wildman–Crippen LogP) is -1.13. The highest BCUT2D eigenvalue weighted by atomic mass is 79.9. The van der Waals surface area contributed by atoms with Crippen LogP contribution in [0.3, 0.4) is 0 Å². The number of nitrogens with one attached hydrogen (secondary N) is 3. The first-order valence-corrected chi connectivity index (χ1v) is 4.86. The van der Waals surface area contributed by atoms with Crippen LogP contribution in [-0.4, -0.2) is 23.1 Å². The van der Waals surface area contributed by atoms with Crippen molar-refractivity contribution in [2.75, 3.05) is 13.1 Å². The van der Waals surface area contributed by atoms with Gasteiger partial charge < -0.3 is 16.0 Å². The van der Waals surface area contributed by atoms with Crippen LogP contribution in [0.1, 0.15) is 5.69 Å². The zero-order valence-corrected chi connectivity index (χ0v) is 8.98. The molecule has 1 aromatic heterocycles. The molecule has 0 fully saturated rings. The van der Waals surface area contributed by atoms with Crippen molar-refractivity contribution in [2.24, 2.45) is 5.73 Å². The van der Waals surface area contributed by atoms with Gasteiger partial charge in [-0.25, -0.2) is 4.79 Å². The number of aromatic amines is 2. The molecule has 1 aromatic rings. The Balaban J connectivity index is 2.86. The smallest absolute Gasteiger partial charge is 0.325 e. The van der Waals surface area contributed by atoms with Crippen molar-refractivity contribution in [2.45, 2.75) is 6.54 Å². The second-order valence-corrected chi connectivity index (χ2v) is 3.46. The monoisotopic (exact) mass is 262 g/mol. The Kier molecular flexibility index (Phi) is 4.05. The summed E-state index contributed by atoms with van der Waals surface area (Å²) in [5.74, 6) is 0. The number of halogens is 1. The molecular formula is C7H11BrN4O2. The van der Waals surface area contributed by atoms with E-state index in [1.54, 1.807) is 0 Å². The molecule has 0 aliphatic rings. The standard InChI is InChI=1S/C7H11BrN4O2/c8-5-4(3-10-2-1-9)11-7(14)12-6(5)13/h10H,1-3,9H2,(H2,11,12,13,14). The van der Waals surface area contributed by atoms with Crippen molar-refractivity contribution in [1.29, 1.82) is 0 Å². The molecule has 1 rings (SSSR count). The number of hydrogen-bond acceptors (Lipinski definition) is 4. The van der Waals surface area contributed by atoms with Gasteiger partial charge in [-0.3, -0.25) is 9.78 Å². The molecule has 0 radical (unpaired) electrons. The summed E-state index contributed by atoms with van der Waals surface area (Å²) >= 11 is 3.08. The normalized spacial score (nSPS) is 10.4. The van der Waals surface area contributed by atoms with Crippen LogP contribution in [0.25, 0.3) is 0 Å². The molecule has 0 spiro atoms. The highest BCUT2D eigenvalue weighted by molar-refractivity contribution is 9.10. The molecule has 0 atom stereocenters. The van der Waals surface area contributed by atoms with Gasteiger partial charge in [-0.1, -0.05) is 0 Å². The average molecular weight is 263 g/mol. The van der Waals surface area contributed by atoms with Gasteiger partial charge in [-0.2, -0.15) is 0 Å². The summed E-state index contributed by atoms with van der Waals surface area (Å²) in [4.78, 5) is 26.6. The summed E-state index contributed by atoms with van der Waals surface area (Å²) < 4.78 is 0.335. The SMILES string of the molecule is NCCNCc1[nH]c(=O)[nH]c(=O)c1Br. The minimum atomic E-state index is -0.511. The summed E-state index contributed by atoms with van der Waals surface area (Å²) in [6.45, 7) is 1.53. The maximum atomic E-state index is 11.1. The highest BCUT2D eigenvalue weighted by Crippen LogP contribution is 2.05. The Morgan fingerprint density at radius 1 is 1.36 bits per heavy atom. The Morgan fingerprint density at radius 2 is 2.07 bits per heavy atom. The first kappa shape index (κ1) is 11.2. The number of rotatable bonds is 4. The van der Waals surface area contributed by atoms with Crippen LogP contribution in [-0.2, 0) is 6.54 Å². The van der Waals surface area contributed by atoms with Crippen LogP contribution < -0.4 is 22.3 Å². The molecule has 5 N–H and O–H groups in total. The van der Waals surface area contributed by atoms with Gasteiger partial charge in [0.15, 0.2) is 0 Å². The van der Waals surface area contributed by atoms with E-state index in [4.69, 9.17) is 5.73 Å². The van der Waals surface area contributed by atoms with Gasteiger partial charge in [0.2, 0.25) is 0 Å². The molecule has 78 valence electrons. The lowest BCUT2D eigenvalue weighted by Gasteiger charge is -2.03. The molecule has 0 bridgehead atoms. The molecule has 0 aliphatic heterocycles. The van der Waals surface area contributed by atoms with E-state index in [-0.39, 0.29) is 0 Å². The molecule has 0 aliphatic carbocycles. The second kappa shape index (κ2) is 5.08. The van der Waals surface area contributed by atoms with E-state index < -0.39 is 11.2 Å². The molecule has 7 heteroatoms. The molecule has 0 amide bonds. The number of H-pyrrole nitrogens is 2. The summed E-state index contributed by atoms with van der Waals surface area (Å²) in [6.07, 6.45) is 0. The topological polar surface area (TPSA) is 104 Å². The van der Waals surface area contributed by atoms with Crippen molar-refractivity contribution in [1.82, 2.24) is 15.3 Å². The van der Waals surface area contributed by atoms with E-state index in [0.717, 1.165) is 0 Å². The molecular weight excluding hydrogens is 252 g/mol. The maximum Gasteiger partial charge on any atom is 0.325 e. The lowest BCUT2D eigenvalue weighted by molar-refractivity contribution is 0.673. The molecule has 0 aromatic carbocycles. The molecule has 14 heavy (non-hydrogen) atoms. The summed E-state index contributed by atoms with van der Waals surface area (Å²) in [5.41, 5.74) is 4.85. The molecule has 6 nitrogen and oxygen atoms in total. The fourth-order valence-electron chi connectivity index (χ4n) is 0.955. The largest absolute Gasteiger partial charge is 0.329 e. The third-order valence-corrected chi connectivity index (χ3v) is 2.42. The minimum Gasteiger partial charge on any atom is -0.329 e. The quantitative estimate of drug-likeness (QED) is 0.516. The molecule has 0 saturated heterocycles. The van der Waals surface area contributed by atoms with Crippen molar-refractivity contribution < 1.29 is 0 Å². The predicted molar refractivity (Wildman–Crippen MR) is 56.1 cm³/mol. The van der Waals surface area contributed by atoms with E-state index >= 15 is 0 Å². The number of aromatic nitrogens is 2. The van der Waals surface area contributed by atoms with Crippen molar-refractivity contribution >= 4 is 15.9 Å². The van der Waals surface area contributed by atoms with Crippen molar-refractivity contribution in [3.8, 4) is 0 Å². The Labute approximate surface area is 88.0 Å². The molecule has 1 heterocycles. The summed E-state index contributed by atoms with van der Waals surface area (Å²) in [5, 5.41) is 2.97. The zero-order chi connectivity index (χ0) is 10.6. The zero-order valence-electron chi connectivity index (χ0n) is 7.39. The van der Waals surface area contributed by atoms with Crippen LogP contribution in [0.2, 0.25) is 0 Å². The highest BCUT2D eigenvalue weighted by Gasteiger charge is 2.04. The lowest BCUT2D eigenvalue weighted by Crippen LogP contribution is -2.29. The number of nitrogens with two attached hydrogens (primary N) is 1. The fraction of sp³-hybridized carbons (Fsp3) is 0.429. The van der Waals surface area contributed by atoms with Gasteiger partial charge in [-0.15, -0.1) is 0 Å². The first-order chi connectivity index (χ1) is 6.65. The minimum absolute atomic E-state index is 0.335. The Morgan fingerprint density at radius 3 is 2.71 bits per heavy atom. The fourth-order valence-corrected chi connectivity index (χ4v) is 1.29. The lowest BCUT2D eigenvalue weighted by atomic mass is 10.4. The van der Waals surface area contributed by atoms with E-state index in [1.807, 2.05) is 0 Å². The Bertz CT molecular complexity index is 411. The van der Waals surface area contributed by atoms with Gasteiger partial charge in [-0.05, 0) is 15.9 Å². The van der Waals surface area contributed by atoms with Gasteiger partial charge in [0.05, 0.1) is 5.69 Å². The van der Waals surface area contributed by atoms with Crippen molar-refractivity contribution in [3.05, 3.63) is 31.0 Å². The maximum absolute atomic E-state index is 11.1. The van der Waals surface area contributed by atoms with Crippen LogP contribution in [0.5, 0.6) is 0 Å². The van der Waals surface area contributed by atoms with E-state index in [2.05, 4.69) is 31.2 Å². The van der Waals surface area contributed by atoms with Crippen LogP contribution >= 0.6 is 15.9 Å². The van der Waals surface area contributed by atoms with E-state index in [0.29, 0.717) is 29.8 Å². The number of hydrogen-bond donors (Lipinski definition) is 4. The van der Waals surface area contributed by atoms with Gasteiger partial charge >= 0.3 is 5.69 Å². The van der Waals surface area contributed by atoms with E-state index in [1.165, 1.54) is 0 Å². The first-order valence-electron chi connectivity index (χ1n) is 4.07. The van der Waals surface area contributed by atoms with Crippen LogP contribution in [0, 0.1) is 0 Å². The molecule has 0 unspecified atom stereocenters. The summed E-state index contributed by atoms with van der Waals surface area (Å²) in [7, 11) is 0. The second-order valence-electron chi connectivity index (χ2n) is 2.67. The van der Waals surface area contributed by atoms with Crippen LogP contribution in [0.4, 0.5) is 0 Å². The molecule has 0 saturated carbocycles. The Hall–Kier alpha value is -0.920. The van der Waals surface area contributed by atoms with Gasteiger partial charge in [0.25, 0.3) is 5.56 Å². The van der Waals surface area contributed by atoms with Crippen molar-refractivity contribution in [3.63, 3.8) is 0 Å². The van der Waals surface area contributed by atoms with Gasteiger partial charge in [0.1, 0.15) is 4.47 Å². The van der Waals surface area contributed by atoms with E-state index in [9.17, 15) is 9.59 Å². The third kappa shape index (κ3) is 2.79. The van der Waals surface area contributed by atoms with Crippen LogP contribution in [0.15, 0.2) is 14.1 Å². The average Bonchev–Trinajstić information content (AvgIpc) is 2.13. The van der Waals surface area contributed by atoms with Gasteiger partial charge in [0, 0.05) is 19.6 Å². The third-order valence-electron chi connectivity index (χ3n) is 1.58.